The minimum atomic E-state index is -0.659. The van der Waals surface area contributed by atoms with Crippen molar-refractivity contribution >= 4 is 39.1 Å². The average molecular weight is 430 g/mol. The van der Waals surface area contributed by atoms with Crippen LogP contribution in [0.5, 0.6) is 5.75 Å². The summed E-state index contributed by atoms with van der Waals surface area (Å²) in [5.41, 5.74) is 1.01. The number of ether oxygens (including phenoxy) is 1. The second-order valence-electron chi connectivity index (χ2n) is 6.91. The van der Waals surface area contributed by atoms with E-state index in [-0.39, 0.29) is 18.4 Å². The van der Waals surface area contributed by atoms with Gasteiger partial charge in [0, 0.05) is 35.2 Å². The molecule has 0 unspecified atom stereocenters. The monoisotopic (exact) mass is 429 g/mol. The van der Waals surface area contributed by atoms with Gasteiger partial charge in [0.1, 0.15) is 12.4 Å². The Kier molecular flexibility index (Phi) is 5.32. The van der Waals surface area contributed by atoms with Gasteiger partial charge in [-0.1, -0.05) is 6.08 Å². The number of carbonyl (C=O) groups is 2. The predicted octanol–water partition coefficient (Wildman–Crippen LogP) is 4.03. The first-order valence-electron chi connectivity index (χ1n) is 8.43. The molecule has 0 saturated heterocycles. The van der Waals surface area contributed by atoms with E-state index >= 15 is 0 Å². The Morgan fingerprint density at radius 3 is 2.89 bits per heavy atom. The normalized spacial score (nSPS) is 15.4. The van der Waals surface area contributed by atoms with Crippen LogP contribution in [0.4, 0.5) is 11.4 Å². The van der Waals surface area contributed by atoms with Crippen molar-refractivity contribution in [3.8, 4) is 5.75 Å². The van der Waals surface area contributed by atoms with Crippen molar-refractivity contribution in [1.82, 2.24) is 4.98 Å². The van der Waals surface area contributed by atoms with Gasteiger partial charge in [0.15, 0.2) is 0 Å². The van der Waals surface area contributed by atoms with Gasteiger partial charge in [-0.2, -0.15) is 0 Å². The number of anilines is 2. The first kappa shape index (κ1) is 19.1. The topological polar surface area (TPSA) is 71.5 Å². The van der Waals surface area contributed by atoms with Crippen LogP contribution in [0.2, 0.25) is 0 Å². The minimum absolute atomic E-state index is 0.0295. The largest absolute Gasteiger partial charge is 0.490 e. The summed E-state index contributed by atoms with van der Waals surface area (Å²) in [5.74, 6) is 0.232. The molecule has 1 aromatic carbocycles. The summed E-state index contributed by atoms with van der Waals surface area (Å²) in [5, 5.41) is 2.83. The van der Waals surface area contributed by atoms with Crippen LogP contribution in [0, 0.1) is 5.41 Å². The first-order valence-corrected chi connectivity index (χ1v) is 9.23. The van der Waals surface area contributed by atoms with Crippen molar-refractivity contribution in [2.24, 2.45) is 5.41 Å². The number of rotatable bonds is 4. The number of pyridine rings is 1. The molecule has 0 bridgehead atoms. The Balaban J connectivity index is 1.90. The van der Waals surface area contributed by atoms with E-state index in [2.05, 4.69) is 32.8 Å². The molecule has 0 aliphatic carbocycles. The van der Waals surface area contributed by atoms with Crippen LogP contribution in [0.25, 0.3) is 0 Å². The molecule has 1 aliphatic heterocycles. The number of fused-ring (bicyclic) bond motifs is 1. The number of halogens is 1. The Hall–Kier alpha value is -2.67. The first-order chi connectivity index (χ1) is 12.8. The summed E-state index contributed by atoms with van der Waals surface area (Å²) in [6.45, 7) is 8.06. The highest BCUT2D eigenvalue weighted by molar-refractivity contribution is 9.10. The minimum Gasteiger partial charge on any atom is -0.490 e. The van der Waals surface area contributed by atoms with Gasteiger partial charge in [0.05, 0.1) is 16.7 Å². The molecule has 0 atom stereocenters. The number of nitrogens with zero attached hydrogens (tertiary/aromatic N) is 2. The maximum Gasteiger partial charge on any atom is 0.257 e. The summed E-state index contributed by atoms with van der Waals surface area (Å²) < 4.78 is 6.61. The summed E-state index contributed by atoms with van der Waals surface area (Å²) in [7, 11) is 0. The van der Waals surface area contributed by atoms with Crippen molar-refractivity contribution in [2.75, 3.05) is 23.4 Å². The number of hydrogen-bond acceptors (Lipinski definition) is 4. The molecule has 0 radical (unpaired) electrons. The van der Waals surface area contributed by atoms with Crippen LogP contribution in [-0.4, -0.2) is 29.9 Å². The second kappa shape index (κ2) is 7.52. The number of carbonyl (C=O) groups excluding carboxylic acids is 2. The quantitative estimate of drug-likeness (QED) is 0.744. The highest BCUT2D eigenvalue weighted by atomic mass is 79.9. The molecule has 2 heterocycles. The average Bonchev–Trinajstić information content (AvgIpc) is 2.72. The second-order valence-corrected chi connectivity index (χ2v) is 7.82. The van der Waals surface area contributed by atoms with E-state index in [0.717, 1.165) is 4.47 Å². The van der Waals surface area contributed by atoms with Crippen LogP contribution in [0.3, 0.4) is 0 Å². The fourth-order valence-electron chi connectivity index (χ4n) is 2.77. The zero-order valence-electron chi connectivity index (χ0n) is 15.2. The zero-order valence-corrected chi connectivity index (χ0v) is 16.7. The standard InChI is InChI=1S/C20H20BrN3O3/c1-4-7-24-16-6-5-15(9-17(16)27-12-20(2,3)19(24)26)23-18(25)13-8-14(21)11-22-10-13/h4-6,8-11H,1,7,12H2,2-3H3,(H,23,25). The van der Waals surface area contributed by atoms with Gasteiger partial charge in [-0.25, -0.2) is 0 Å². The van der Waals surface area contributed by atoms with Crippen molar-refractivity contribution in [3.63, 3.8) is 0 Å². The van der Waals surface area contributed by atoms with Crippen molar-refractivity contribution in [1.29, 1.82) is 0 Å². The Morgan fingerprint density at radius 1 is 1.41 bits per heavy atom. The highest BCUT2D eigenvalue weighted by Gasteiger charge is 2.37. The van der Waals surface area contributed by atoms with E-state index in [0.29, 0.717) is 29.2 Å². The number of hydrogen-bond donors (Lipinski definition) is 1. The van der Waals surface area contributed by atoms with Crippen LogP contribution in [0.1, 0.15) is 24.2 Å². The maximum absolute atomic E-state index is 12.8. The fourth-order valence-corrected chi connectivity index (χ4v) is 3.14. The SMILES string of the molecule is C=CCN1C(=O)C(C)(C)COc2cc(NC(=O)c3cncc(Br)c3)ccc21. The third kappa shape index (κ3) is 4.03. The number of nitrogens with one attached hydrogen (secondary N) is 1. The van der Waals surface area contributed by atoms with E-state index in [1.165, 1.54) is 6.20 Å². The van der Waals surface area contributed by atoms with Gasteiger partial charge in [0.25, 0.3) is 5.91 Å². The number of benzene rings is 1. The molecule has 0 saturated carbocycles. The molecular formula is C20H20BrN3O3. The third-order valence-electron chi connectivity index (χ3n) is 4.20. The van der Waals surface area contributed by atoms with Gasteiger partial charge in [-0.05, 0) is 48.0 Å². The summed E-state index contributed by atoms with van der Waals surface area (Å²) in [6, 6.07) is 6.93. The van der Waals surface area contributed by atoms with E-state index in [9.17, 15) is 9.59 Å². The molecule has 1 aromatic heterocycles. The van der Waals surface area contributed by atoms with Gasteiger partial charge in [-0.15, -0.1) is 6.58 Å². The molecular weight excluding hydrogens is 410 g/mol. The van der Waals surface area contributed by atoms with Crippen LogP contribution in [0.15, 0.2) is 53.8 Å². The van der Waals surface area contributed by atoms with Crippen LogP contribution < -0.4 is 15.0 Å². The maximum atomic E-state index is 12.8. The lowest BCUT2D eigenvalue weighted by Crippen LogP contribution is -2.42. The molecule has 7 heteroatoms. The van der Waals surface area contributed by atoms with E-state index in [1.54, 1.807) is 41.4 Å². The molecule has 1 N–H and O–H groups in total. The smallest absolute Gasteiger partial charge is 0.257 e. The Bertz CT molecular complexity index is 911. The van der Waals surface area contributed by atoms with Gasteiger partial charge < -0.3 is 15.0 Å². The van der Waals surface area contributed by atoms with Gasteiger partial charge >= 0.3 is 0 Å². The van der Waals surface area contributed by atoms with Crippen LogP contribution in [-0.2, 0) is 4.79 Å². The van der Waals surface area contributed by atoms with Crippen molar-refractivity contribution in [2.45, 2.75) is 13.8 Å². The molecule has 27 heavy (non-hydrogen) atoms. The number of aromatic nitrogens is 1. The lowest BCUT2D eigenvalue weighted by Gasteiger charge is -2.27. The molecule has 0 fully saturated rings. The van der Waals surface area contributed by atoms with Crippen molar-refractivity contribution < 1.29 is 14.3 Å². The molecule has 6 nitrogen and oxygen atoms in total. The molecule has 3 rings (SSSR count). The predicted molar refractivity (Wildman–Crippen MR) is 108 cm³/mol. The van der Waals surface area contributed by atoms with E-state index in [1.807, 2.05) is 13.8 Å². The Labute approximate surface area is 166 Å². The Morgan fingerprint density at radius 2 is 2.19 bits per heavy atom. The fraction of sp³-hybridized carbons (Fsp3) is 0.250. The third-order valence-corrected chi connectivity index (χ3v) is 4.63. The molecule has 1 aliphatic rings. The van der Waals surface area contributed by atoms with Gasteiger partial charge in [-0.3, -0.25) is 14.6 Å². The number of amides is 2. The van der Waals surface area contributed by atoms with E-state index < -0.39 is 5.41 Å². The van der Waals surface area contributed by atoms with Crippen molar-refractivity contribution in [3.05, 3.63) is 59.4 Å². The molecule has 140 valence electrons. The lowest BCUT2D eigenvalue weighted by molar-refractivity contribution is -0.127. The van der Waals surface area contributed by atoms with Crippen LogP contribution >= 0.6 is 15.9 Å². The molecule has 0 spiro atoms. The zero-order chi connectivity index (χ0) is 19.6. The van der Waals surface area contributed by atoms with E-state index in [4.69, 9.17) is 4.74 Å². The summed E-state index contributed by atoms with van der Waals surface area (Å²) >= 11 is 3.30. The lowest BCUT2D eigenvalue weighted by atomic mass is 9.93. The highest BCUT2D eigenvalue weighted by Crippen LogP contribution is 2.38. The summed E-state index contributed by atoms with van der Waals surface area (Å²) in [4.78, 5) is 30.9. The molecule has 2 aromatic rings. The molecule has 2 amide bonds. The summed E-state index contributed by atoms with van der Waals surface area (Å²) in [6.07, 6.45) is 4.78. The van der Waals surface area contributed by atoms with Gasteiger partial charge in [0.2, 0.25) is 5.91 Å².